The Kier molecular flexibility index (Phi) is 3.96. The van der Waals surface area contributed by atoms with E-state index in [1.54, 1.807) is 12.5 Å². The Morgan fingerprint density at radius 2 is 2.24 bits per heavy atom. The van der Waals surface area contributed by atoms with Crippen LogP contribution in [0.1, 0.15) is 12.0 Å². The summed E-state index contributed by atoms with van der Waals surface area (Å²) in [6.07, 6.45) is 8.82. The highest BCUT2D eigenvalue weighted by Crippen LogP contribution is 1.99. The van der Waals surface area contributed by atoms with E-state index in [-0.39, 0.29) is 5.91 Å². The van der Waals surface area contributed by atoms with Crippen LogP contribution in [0.2, 0.25) is 0 Å². The zero-order valence-corrected chi connectivity index (χ0v) is 9.50. The average Bonchev–Trinajstić information content (AvgIpc) is 2.96. The number of rotatable bonds is 6. The van der Waals surface area contributed by atoms with Crippen LogP contribution in [-0.4, -0.2) is 22.2 Å². The summed E-state index contributed by atoms with van der Waals surface area (Å²) in [5.41, 5.74) is 1.06. The first-order valence-corrected chi connectivity index (χ1v) is 5.60. The summed E-state index contributed by atoms with van der Waals surface area (Å²) in [7, 11) is 0. The number of amides is 1. The minimum absolute atomic E-state index is 0.0338. The number of nitrogens with zero attached hydrogens (tertiary/aromatic N) is 2. The average molecular weight is 233 g/mol. The van der Waals surface area contributed by atoms with Crippen molar-refractivity contribution in [3.63, 3.8) is 0 Å². The number of carbonyl (C=O) groups is 1. The van der Waals surface area contributed by atoms with Gasteiger partial charge in [0.2, 0.25) is 5.91 Å². The second kappa shape index (κ2) is 5.89. The van der Waals surface area contributed by atoms with E-state index in [1.807, 2.05) is 29.1 Å². The molecule has 5 heteroatoms. The third-order valence-electron chi connectivity index (χ3n) is 2.44. The van der Waals surface area contributed by atoms with Crippen LogP contribution < -0.4 is 5.32 Å². The summed E-state index contributed by atoms with van der Waals surface area (Å²) in [5.74, 6) is 0.0338. The highest BCUT2D eigenvalue weighted by Gasteiger charge is 2.01. The molecule has 0 aliphatic heterocycles. The maximum Gasteiger partial charge on any atom is 0.239 e. The van der Waals surface area contributed by atoms with Crippen molar-refractivity contribution in [2.45, 2.75) is 19.4 Å². The molecule has 0 spiro atoms. The Morgan fingerprint density at radius 1 is 1.41 bits per heavy atom. The van der Waals surface area contributed by atoms with Crippen molar-refractivity contribution in [2.75, 3.05) is 6.54 Å². The number of aryl methyl sites for hydroxylation is 1. The van der Waals surface area contributed by atoms with Crippen LogP contribution in [0.15, 0.2) is 41.5 Å². The van der Waals surface area contributed by atoms with Crippen molar-refractivity contribution in [3.05, 3.63) is 42.5 Å². The second-order valence-corrected chi connectivity index (χ2v) is 3.84. The minimum atomic E-state index is 0.0338. The molecule has 17 heavy (non-hydrogen) atoms. The first-order valence-electron chi connectivity index (χ1n) is 5.60. The van der Waals surface area contributed by atoms with Crippen LogP contribution in [0.4, 0.5) is 0 Å². The Balaban J connectivity index is 1.60. The van der Waals surface area contributed by atoms with Crippen LogP contribution >= 0.6 is 0 Å². The molecule has 0 bridgehead atoms. The van der Waals surface area contributed by atoms with Crippen molar-refractivity contribution in [3.8, 4) is 0 Å². The van der Waals surface area contributed by atoms with E-state index in [4.69, 9.17) is 4.52 Å². The predicted octanol–water partition coefficient (Wildman–Crippen LogP) is 1.23. The first kappa shape index (κ1) is 11.4. The third-order valence-corrected chi connectivity index (χ3v) is 2.44. The molecular formula is C12H15N3O2. The Morgan fingerprint density at radius 3 is 2.94 bits per heavy atom. The number of nitrogens with one attached hydrogen (secondary N) is 1. The van der Waals surface area contributed by atoms with Gasteiger partial charge in [-0.05, 0) is 25.0 Å². The Labute approximate surface area is 99.4 Å². The highest BCUT2D eigenvalue weighted by atomic mass is 16.5. The molecule has 0 aromatic carbocycles. The summed E-state index contributed by atoms with van der Waals surface area (Å²) >= 11 is 0. The van der Waals surface area contributed by atoms with E-state index in [1.165, 1.54) is 0 Å². The second-order valence-electron chi connectivity index (χ2n) is 3.84. The lowest BCUT2D eigenvalue weighted by Gasteiger charge is -2.05. The van der Waals surface area contributed by atoms with Gasteiger partial charge in [0.25, 0.3) is 0 Å². The van der Waals surface area contributed by atoms with Gasteiger partial charge in [0, 0.05) is 24.5 Å². The molecule has 0 saturated heterocycles. The number of hydrogen-bond acceptors (Lipinski definition) is 3. The highest BCUT2D eigenvalue weighted by molar-refractivity contribution is 5.75. The Bertz CT molecular complexity index is 434. The summed E-state index contributed by atoms with van der Waals surface area (Å²) < 4.78 is 6.56. The molecule has 2 rings (SSSR count). The van der Waals surface area contributed by atoms with Crippen LogP contribution in [-0.2, 0) is 17.8 Å². The van der Waals surface area contributed by atoms with Gasteiger partial charge >= 0.3 is 0 Å². The molecule has 90 valence electrons. The molecule has 0 fully saturated rings. The molecule has 0 saturated carbocycles. The van der Waals surface area contributed by atoms with Gasteiger partial charge in [0.15, 0.2) is 0 Å². The van der Waals surface area contributed by atoms with Crippen LogP contribution in [0.25, 0.3) is 0 Å². The van der Waals surface area contributed by atoms with Gasteiger partial charge in [-0.3, -0.25) is 4.79 Å². The molecule has 5 nitrogen and oxygen atoms in total. The lowest BCUT2D eigenvalue weighted by Crippen LogP contribution is -2.28. The van der Waals surface area contributed by atoms with Crippen molar-refractivity contribution in [1.29, 1.82) is 0 Å². The quantitative estimate of drug-likeness (QED) is 0.763. The van der Waals surface area contributed by atoms with E-state index >= 15 is 0 Å². The maximum atomic E-state index is 11.5. The lowest BCUT2D eigenvalue weighted by molar-refractivity contribution is -0.121. The molecule has 0 unspecified atom stereocenters. The van der Waals surface area contributed by atoms with Gasteiger partial charge in [-0.1, -0.05) is 5.16 Å². The molecule has 0 atom stereocenters. The summed E-state index contributed by atoms with van der Waals surface area (Å²) in [6.45, 7) is 1.05. The molecule has 2 aromatic rings. The minimum Gasteiger partial charge on any atom is -0.364 e. The molecule has 2 aromatic heterocycles. The monoisotopic (exact) mass is 233 g/mol. The topological polar surface area (TPSA) is 60.1 Å². The van der Waals surface area contributed by atoms with E-state index in [0.717, 1.165) is 18.4 Å². The molecular weight excluding hydrogens is 218 g/mol. The van der Waals surface area contributed by atoms with Gasteiger partial charge in [-0.25, -0.2) is 0 Å². The fourth-order valence-electron chi connectivity index (χ4n) is 1.57. The molecule has 1 amide bonds. The number of carbonyl (C=O) groups excluding carboxylic acids is 1. The SMILES string of the molecule is O=C(Cn1cccc1)NCCCc1cnoc1. The molecule has 0 radical (unpaired) electrons. The van der Waals surface area contributed by atoms with E-state index in [0.29, 0.717) is 13.1 Å². The zero-order chi connectivity index (χ0) is 11.9. The summed E-state index contributed by atoms with van der Waals surface area (Å²) in [6, 6.07) is 3.80. The Hall–Kier alpha value is -2.04. The normalized spacial score (nSPS) is 10.4. The van der Waals surface area contributed by atoms with Gasteiger partial charge in [-0.2, -0.15) is 0 Å². The van der Waals surface area contributed by atoms with Crippen molar-refractivity contribution in [2.24, 2.45) is 0 Å². The molecule has 1 N–H and O–H groups in total. The summed E-state index contributed by atoms with van der Waals surface area (Å²) in [4.78, 5) is 11.5. The maximum absolute atomic E-state index is 11.5. The van der Waals surface area contributed by atoms with Crippen molar-refractivity contribution < 1.29 is 9.32 Å². The van der Waals surface area contributed by atoms with Gasteiger partial charge in [0.05, 0.1) is 6.20 Å². The third kappa shape index (κ3) is 3.79. The molecule has 2 heterocycles. The van der Waals surface area contributed by atoms with Gasteiger partial charge in [-0.15, -0.1) is 0 Å². The largest absolute Gasteiger partial charge is 0.364 e. The van der Waals surface area contributed by atoms with E-state index < -0.39 is 0 Å². The first-order chi connectivity index (χ1) is 8.34. The molecule has 0 aliphatic rings. The zero-order valence-electron chi connectivity index (χ0n) is 9.50. The lowest BCUT2D eigenvalue weighted by atomic mass is 10.2. The fourth-order valence-corrected chi connectivity index (χ4v) is 1.57. The van der Waals surface area contributed by atoms with Gasteiger partial charge in [0.1, 0.15) is 12.8 Å². The standard InChI is InChI=1S/C12H15N3O2/c16-12(9-15-6-1-2-7-15)13-5-3-4-11-8-14-17-10-11/h1-2,6-8,10H,3-5,9H2,(H,13,16). The van der Waals surface area contributed by atoms with Gasteiger partial charge < -0.3 is 14.4 Å². The smallest absolute Gasteiger partial charge is 0.239 e. The van der Waals surface area contributed by atoms with E-state index in [2.05, 4.69) is 10.5 Å². The predicted molar refractivity (Wildman–Crippen MR) is 62.3 cm³/mol. The fraction of sp³-hybridized carbons (Fsp3) is 0.333. The van der Waals surface area contributed by atoms with Crippen LogP contribution in [0.3, 0.4) is 0 Å². The number of hydrogen-bond donors (Lipinski definition) is 1. The van der Waals surface area contributed by atoms with Crippen LogP contribution in [0, 0.1) is 0 Å². The van der Waals surface area contributed by atoms with Crippen molar-refractivity contribution >= 4 is 5.91 Å². The molecule has 0 aliphatic carbocycles. The summed E-state index contributed by atoms with van der Waals surface area (Å²) in [5, 5.41) is 6.49. The van der Waals surface area contributed by atoms with Crippen molar-refractivity contribution in [1.82, 2.24) is 15.0 Å². The number of aromatic nitrogens is 2. The van der Waals surface area contributed by atoms with Crippen LogP contribution in [0.5, 0.6) is 0 Å². The van der Waals surface area contributed by atoms with E-state index in [9.17, 15) is 4.79 Å².